The Hall–Kier alpha value is -1.51. The fraction of sp³-hybridized carbons (Fsp3) is 0.562. The van der Waals surface area contributed by atoms with Crippen molar-refractivity contribution in [2.75, 3.05) is 19.6 Å². The normalized spacial score (nSPS) is 23.1. The molecule has 3 rings (SSSR count). The van der Waals surface area contributed by atoms with Crippen molar-refractivity contribution in [1.82, 2.24) is 9.80 Å². The maximum Gasteiger partial charge on any atom is 0.256 e. The van der Waals surface area contributed by atoms with E-state index < -0.39 is 21.7 Å². The second-order valence-electron chi connectivity index (χ2n) is 6.63. The maximum atomic E-state index is 13.9. The van der Waals surface area contributed by atoms with Crippen LogP contribution in [0.4, 0.5) is 4.39 Å². The molecule has 0 radical (unpaired) electrons. The van der Waals surface area contributed by atoms with Gasteiger partial charge in [-0.15, -0.1) is 0 Å². The summed E-state index contributed by atoms with van der Waals surface area (Å²) >= 11 is 0. The molecule has 0 aliphatic carbocycles. The summed E-state index contributed by atoms with van der Waals surface area (Å²) in [5.41, 5.74) is -0.244. The molecule has 2 heterocycles. The second kappa shape index (κ2) is 6.42. The first-order valence-corrected chi connectivity index (χ1v) is 9.69. The number of hydrogen-bond donors (Lipinski definition) is 1. The SMILES string of the molecule is C[C@@H]1CCCCN1C1CN(C(=O)c2cc(S(N)(=O)=O)ccc2F)C1. The molecular formula is C16H22FN3O3S. The number of benzene rings is 1. The lowest BCUT2D eigenvalue weighted by Crippen LogP contribution is -2.63. The molecule has 1 atom stereocenters. The molecule has 2 N–H and O–H groups in total. The van der Waals surface area contributed by atoms with Crippen LogP contribution in [-0.2, 0) is 10.0 Å². The second-order valence-corrected chi connectivity index (χ2v) is 8.19. The van der Waals surface area contributed by atoms with E-state index in [0.717, 1.165) is 31.2 Å². The predicted molar refractivity (Wildman–Crippen MR) is 87.5 cm³/mol. The van der Waals surface area contributed by atoms with Crippen molar-refractivity contribution in [1.29, 1.82) is 0 Å². The lowest BCUT2D eigenvalue weighted by molar-refractivity contribution is 0.00187. The number of sulfonamides is 1. The molecule has 0 aromatic heterocycles. The lowest BCUT2D eigenvalue weighted by Gasteiger charge is -2.49. The Morgan fingerprint density at radius 1 is 1.29 bits per heavy atom. The van der Waals surface area contributed by atoms with Crippen LogP contribution in [0.1, 0.15) is 36.5 Å². The minimum Gasteiger partial charge on any atom is -0.335 e. The fourth-order valence-electron chi connectivity index (χ4n) is 3.51. The molecule has 1 aromatic carbocycles. The summed E-state index contributed by atoms with van der Waals surface area (Å²) in [4.78, 5) is 16.2. The van der Waals surface area contributed by atoms with Crippen molar-refractivity contribution < 1.29 is 17.6 Å². The van der Waals surface area contributed by atoms with E-state index in [1.165, 1.54) is 12.8 Å². The first-order chi connectivity index (χ1) is 11.3. The number of piperidine rings is 1. The molecule has 0 bridgehead atoms. The third kappa shape index (κ3) is 3.31. The average molecular weight is 355 g/mol. The highest BCUT2D eigenvalue weighted by molar-refractivity contribution is 7.89. The Kier molecular flexibility index (Phi) is 4.63. The van der Waals surface area contributed by atoms with Crippen molar-refractivity contribution in [3.8, 4) is 0 Å². The van der Waals surface area contributed by atoms with Crippen molar-refractivity contribution in [3.05, 3.63) is 29.6 Å². The van der Waals surface area contributed by atoms with Gasteiger partial charge in [0.25, 0.3) is 5.91 Å². The number of likely N-dealkylation sites (tertiary alicyclic amines) is 2. The van der Waals surface area contributed by atoms with E-state index >= 15 is 0 Å². The number of nitrogens with two attached hydrogens (primary N) is 1. The summed E-state index contributed by atoms with van der Waals surface area (Å²) in [5, 5.41) is 5.05. The molecule has 2 aliphatic heterocycles. The number of halogens is 1. The summed E-state index contributed by atoms with van der Waals surface area (Å²) < 4.78 is 36.7. The Morgan fingerprint density at radius 2 is 2.00 bits per heavy atom. The van der Waals surface area contributed by atoms with Crippen LogP contribution < -0.4 is 5.14 Å². The fourth-order valence-corrected chi connectivity index (χ4v) is 4.05. The van der Waals surface area contributed by atoms with E-state index in [0.29, 0.717) is 25.2 Å². The van der Waals surface area contributed by atoms with Crippen LogP contribution >= 0.6 is 0 Å². The summed E-state index contributed by atoms with van der Waals surface area (Å²) in [6.45, 7) is 4.31. The zero-order chi connectivity index (χ0) is 17.5. The number of amides is 1. The third-order valence-electron chi connectivity index (χ3n) is 4.97. The van der Waals surface area contributed by atoms with Gasteiger partial charge in [-0.25, -0.2) is 17.9 Å². The first kappa shape index (κ1) is 17.3. The van der Waals surface area contributed by atoms with Gasteiger partial charge in [-0.2, -0.15) is 0 Å². The van der Waals surface area contributed by atoms with Crippen LogP contribution in [-0.4, -0.2) is 55.8 Å². The summed E-state index contributed by atoms with van der Waals surface area (Å²) in [6, 6.07) is 3.86. The molecule has 1 amide bonds. The number of carbonyl (C=O) groups is 1. The Balaban J connectivity index is 1.70. The highest BCUT2D eigenvalue weighted by atomic mass is 32.2. The van der Waals surface area contributed by atoms with E-state index in [2.05, 4.69) is 11.8 Å². The third-order valence-corrected chi connectivity index (χ3v) is 5.88. The standard InChI is InChI=1S/C16H22FN3O3S/c1-11-4-2-3-7-20(11)12-9-19(10-12)16(21)14-8-13(24(18,22)23)5-6-15(14)17/h5-6,8,11-12H,2-4,7,9-10H2,1H3,(H2,18,22,23)/t11-/m1/s1. The van der Waals surface area contributed by atoms with E-state index in [1.807, 2.05) is 0 Å². The number of hydrogen-bond acceptors (Lipinski definition) is 4. The average Bonchev–Trinajstić information content (AvgIpc) is 2.46. The van der Waals surface area contributed by atoms with Crippen molar-refractivity contribution in [2.45, 2.75) is 43.2 Å². The zero-order valence-corrected chi connectivity index (χ0v) is 14.4. The number of rotatable bonds is 3. The lowest BCUT2D eigenvalue weighted by atomic mass is 9.97. The van der Waals surface area contributed by atoms with Crippen LogP contribution in [0.25, 0.3) is 0 Å². The van der Waals surface area contributed by atoms with Crippen molar-refractivity contribution in [2.24, 2.45) is 5.14 Å². The molecule has 1 aromatic rings. The zero-order valence-electron chi connectivity index (χ0n) is 13.6. The van der Waals surface area contributed by atoms with E-state index in [4.69, 9.17) is 5.14 Å². The van der Waals surface area contributed by atoms with Crippen LogP contribution in [0.5, 0.6) is 0 Å². The van der Waals surface area contributed by atoms with Crippen LogP contribution in [0, 0.1) is 5.82 Å². The predicted octanol–water partition coefficient (Wildman–Crippen LogP) is 1.17. The van der Waals surface area contributed by atoms with Crippen LogP contribution in [0.15, 0.2) is 23.1 Å². The Bertz CT molecular complexity index is 747. The monoisotopic (exact) mass is 355 g/mol. The van der Waals surface area contributed by atoms with Gasteiger partial charge in [-0.1, -0.05) is 6.42 Å². The van der Waals surface area contributed by atoms with Gasteiger partial charge in [0, 0.05) is 25.2 Å². The van der Waals surface area contributed by atoms with Crippen LogP contribution in [0.3, 0.4) is 0 Å². The smallest absolute Gasteiger partial charge is 0.256 e. The molecule has 2 fully saturated rings. The molecule has 2 saturated heterocycles. The summed E-state index contributed by atoms with van der Waals surface area (Å²) in [6.07, 6.45) is 3.56. The number of carbonyl (C=O) groups excluding carboxylic acids is 1. The molecule has 24 heavy (non-hydrogen) atoms. The van der Waals surface area contributed by atoms with Crippen molar-refractivity contribution in [3.63, 3.8) is 0 Å². The Morgan fingerprint density at radius 3 is 2.62 bits per heavy atom. The molecule has 6 nitrogen and oxygen atoms in total. The number of primary sulfonamides is 1. The maximum absolute atomic E-state index is 13.9. The summed E-state index contributed by atoms with van der Waals surface area (Å²) in [7, 11) is -3.97. The van der Waals surface area contributed by atoms with Gasteiger partial charge in [0.1, 0.15) is 5.82 Å². The van der Waals surface area contributed by atoms with Crippen LogP contribution in [0.2, 0.25) is 0 Å². The highest BCUT2D eigenvalue weighted by Crippen LogP contribution is 2.26. The first-order valence-electron chi connectivity index (χ1n) is 8.15. The van der Waals surface area contributed by atoms with Gasteiger partial charge >= 0.3 is 0 Å². The van der Waals surface area contributed by atoms with E-state index in [9.17, 15) is 17.6 Å². The molecule has 0 saturated carbocycles. The number of nitrogens with zero attached hydrogens (tertiary/aromatic N) is 2. The quantitative estimate of drug-likeness (QED) is 0.882. The van der Waals surface area contributed by atoms with Crippen molar-refractivity contribution >= 4 is 15.9 Å². The van der Waals surface area contributed by atoms with Gasteiger partial charge in [-0.05, 0) is 44.5 Å². The minimum absolute atomic E-state index is 0.244. The molecule has 8 heteroatoms. The summed E-state index contributed by atoms with van der Waals surface area (Å²) in [5.74, 6) is -1.22. The topological polar surface area (TPSA) is 83.7 Å². The van der Waals surface area contributed by atoms with E-state index in [1.54, 1.807) is 4.90 Å². The minimum atomic E-state index is -3.97. The molecular weight excluding hydrogens is 333 g/mol. The molecule has 0 spiro atoms. The molecule has 132 valence electrons. The van der Waals surface area contributed by atoms with Gasteiger partial charge in [0.2, 0.25) is 10.0 Å². The van der Waals surface area contributed by atoms with Gasteiger partial charge in [0.05, 0.1) is 10.5 Å². The molecule has 0 unspecified atom stereocenters. The largest absolute Gasteiger partial charge is 0.335 e. The Labute approximate surface area is 141 Å². The van der Waals surface area contributed by atoms with E-state index in [-0.39, 0.29) is 10.5 Å². The van der Waals surface area contributed by atoms with Gasteiger partial charge in [0.15, 0.2) is 0 Å². The van der Waals surface area contributed by atoms with Gasteiger partial charge < -0.3 is 4.90 Å². The molecule has 2 aliphatic rings. The highest BCUT2D eigenvalue weighted by Gasteiger charge is 2.38. The van der Waals surface area contributed by atoms with Gasteiger partial charge in [-0.3, -0.25) is 9.69 Å².